The van der Waals surface area contributed by atoms with E-state index in [-0.39, 0.29) is 5.91 Å². The van der Waals surface area contributed by atoms with Crippen LogP contribution in [0.25, 0.3) is 0 Å². The standard InChI is InChI=1S/C17H29N5O3S/c1-17(2,3)13(19-16(24)25)14(23)22-8-6-21(7-9-22)10-12-11-26-15(18-4)20(12)5/h11,13,19H,6-10H2,1-5H3,(H,24,25)/b18-15-/t13-/m0/s1. The van der Waals surface area contributed by atoms with Gasteiger partial charge in [-0.25, -0.2) is 4.79 Å². The zero-order chi connectivity index (χ0) is 19.5. The Balaban J connectivity index is 1.97. The lowest BCUT2D eigenvalue weighted by Crippen LogP contribution is -2.58. The van der Waals surface area contributed by atoms with Crippen LogP contribution in [-0.2, 0) is 18.4 Å². The summed E-state index contributed by atoms with van der Waals surface area (Å²) in [6, 6.07) is -0.741. The van der Waals surface area contributed by atoms with E-state index in [4.69, 9.17) is 5.11 Å². The third-order valence-corrected chi connectivity index (χ3v) is 5.72. The second-order valence-corrected chi connectivity index (χ2v) is 8.48. The molecule has 2 N–H and O–H groups in total. The first-order valence-corrected chi connectivity index (χ1v) is 9.58. The molecule has 8 nitrogen and oxygen atoms in total. The number of hydrogen-bond donors (Lipinski definition) is 2. The molecule has 1 saturated heterocycles. The highest BCUT2D eigenvalue weighted by Gasteiger charge is 2.36. The molecule has 1 aliphatic rings. The van der Waals surface area contributed by atoms with E-state index in [0.29, 0.717) is 13.1 Å². The van der Waals surface area contributed by atoms with Crippen molar-refractivity contribution in [3.63, 3.8) is 0 Å². The van der Waals surface area contributed by atoms with Gasteiger partial charge in [-0.1, -0.05) is 20.8 Å². The molecule has 1 aromatic rings. The van der Waals surface area contributed by atoms with E-state index in [1.54, 1.807) is 23.3 Å². The van der Waals surface area contributed by atoms with Gasteiger partial charge in [-0.05, 0) is 5.41 Å². The highest BCUT2D eigenvalue weighted by Crippen LogP contribution is 2.22. The average Bonchev–Trinajstić information content (AvgIpc) is 2.91. The van der Waals surface area contributed by atoms with E-state index in [1.807, 2.05) is 27.8 Å². The zero-order valence-electron chi connectivity index (χ0n) is 16.2. The van der Waals surface area contributed by atoms with E-state index in [1.165, 1.54) is 5.69 Å². The van der Waals surface area contributed by atoms with E-state index in [0.717, 1.165) is 24.4 Å². The fraction of sp³-hybridized carbons (Fsp3) is 0.706. The van der Waals surface area contributed by atoms with Crippen LogP contribution in [0.15, 0.2) is 10.4 Å². The van der Waals surface area contributed by atoms with Gasteiger partial charge in [-0.2, -0.15) is 0 Å². The Morgan fingerprint density at radius 1 is 1.31 bits per heavy atom. The van der Waals surface area contributed by atoms with Crippen LogP contribution in [-0.4, -0.2) is 70.7 Å². The monoisotopic (exact) mass is 383 g/mol. The number of amides is 2. The van der Waals surface area contributed by atoms with Crippen molar-refractivity contribution in [2.75, 3.05) is 33.2 Å². The number of carbonyl (C=O) groups excluding carboxylic acids is 1. The number of rotatable bonds is 4. The van der Waals surface area contributed by atoms with Gasteiger partial charge in [0.25, 0.3) is 0 Å². The van der Waals surface area contributed by atoms with Gasteiger partial charge >= 0.3 is 6.09 Å². The molecule has 0 unspecified atom stereocenters. The van der Waals surface area contributed by atoms with Gasteiger partial charge in [-0.15, -0.1) is 11.3 Å². The van der Waals surface area contributed by atoms with Gasteiger partial charge in [0.1, 0.15) is 6.04 Å². The first kappa shape index (κ1) is 20.4. The fourth-order valence-corrected chi connectivity index (χ4v) is 3.91. The molecule has 2 heterocycles. The topological polar surface area (TPSA) is 90.2 Å². The van der Waals surface area contributed by atoms with Gasteiger partial charge in [-0.3, -0.25) is 14.7 Å². The minimum Gasteiger partial charge on any atom is -0.465 e. The largest absolute Gasteiger partial charge is 0.465 e. The number of carboxylic acid groups (broad SMARTS) is 1. The Bertz CT molecular complexity index is 711. The molecule has 0 aliphatic carbocycles. The summed E-state index contributed by atoms with van der Waals surface area (Å²) >= 11 is 1.62. The van der Waals surface area contributed by atoms with E-state index in [2.05, 4.69) is 25.2 Å². The fourth-order valence-electron chi connectivity index (χ4n) is 3.06. The summed E-state index contributed by atoms with van der Waals surface area (Å²) in [5, 5.41) is 13.6. The van der Waals surface area contributed by atoms with E-state index >= 15 is 0 Å². The van der Waals surface area contributed by atoms with E-state index in [9.17, 15) is 9.59 Å². The Kier molecular flexibility index (Phi) is 6.46. The van der Waals surface area contributed by atoms with Crippen molar-refractivity contribution in [3.8, 4) is 0 Å². The summed E-state index contributed by atoms with van der Waals surface area (Å²) in [5.41, 5.74) is 0.729. The van der Waals surface area contributed by atoms with Gasteiger partial charge < -0.3 is 19.9 Å². The van der Waals surface area contributed by atoms with Crippen molar-refractivity contribution in [1.82, 2.24) is 19.7 Å². The maximum atomic E-state index is 12.8. The lowest BCUT2D eigenvalue weighted by atomic mass is 9.85. The summed E-state index contributed by atoms with van der Waals surface area (Å²) in [6.45, 7) is 9.17. The Morgan fingerprint density at radius 3 is 2.38 bits per heavy atom. The number of piperazine rings is 1. The maximum Gasteiger partial charge on any atom is 0.405 e. The highest BCUT2D eigenvalue weighted by atomic mass is 32.1. The summed E-state index contributed by atoms with van der Waals surface area (Å²) in [4.78, 5) is 33.2. The molecular formula is C17H29N5O3S. The molecule has 1 atom stereocenters. The molecule has 1 fully saturated rings. The predicted molar refractivity (Wildman–Crippen MR) is 101 cm³/mol. The summed E-state index contributed by atoms with van der Waals surface area (Å²) in [5.74, 6) is -0.146. The van der Waals surface area contributed by atoms with Crippen molar-refractivity contribution < 1.29 is 14.7 Å². The molecule has 1 aromatic heterocycles. The molecule has 0 spiro atoms. The van der Waals surface area contributed by atoms with Crippen LogP contribution in [0.3, 0.4) is 0 Å². The zero-order valence-corrected chi connectivity index (χ0v) is 17.0. The van der Waals surface area contributed by atoms with Crippen molar-refractivity contribution in [1.29, 1.82) is 0 Å². The second kappa shape index (κ2) is 8.22. The summed E-state index contributed by atoms with van der Waals surface area (Å²) < 4.78 is 2.09. The minimum atomic E-state index is -1.17. The van der Waals surface area contributed by atoms with Gasteiger partial charge in [0.05, 0.1) is 0 Å². The number of carbonyl (C=O) groups is 2. The molecular weight excluding hydrogens is 354 g/mol. The average molecular weight is 384 g/mol. The lowest BCUT2D eigenvalue weighted by Gasteiger charge is -2.39. The van der Waals surface area contributed by atoms with Crippen molar-refractivity contribution >= 4 is 23.3 Å². The van der Waals surface area contributed by atoms with Crippen LogP contribution < -0.4 is 10.1 Å². The highest BCUT2D eigenvalue weighted by molar-refractivity contribution is 7.07. The van der Waals surface area contributed by atoms with Gasteiger partial charge in [0, 0.05) is 57.9 Å². The van der Waals surface area contributed by atoms with Gasteiger partial charge in [0.15, 0.2) is 4.80 Å². The number of nitrogens with one attached hydrogen (secondary N) is 1. The van der Waals surface area contributed by atoms with Crippen LogP contribution in [0.1, 0.15) is 26.5 Å². The Labute approximate surface area is 158 Å². The molecule has 0 saturated carbocycles. The summed E-state index contributed by atoms with van der Waals surface area (Å²) in [7, 11) is 3.80. The molecule has 26 heavy (non-hydrogen) atoms. The summed E-state index contributed by atoms with van der Waals surface area (Å²) in [6.07, 6.45) is -1.17. The molecule has 0 aromatic carbocycles. The number of aromatic nitrogens is 1. The van der Waals surface area contributed by atoms with Crippen LogP contribution in [0, 0.1) is 5.41 Å². The first-order chi connectivity index (χ1) is 12.1. The molecule has 0 bridgehead atoms. The van der Waals surface area contributed by atoms with Crippen molar-refractivity contribution in [2.24, 2.45) is 17.5 Å². The Morgan fingerprint density at radius 2 is 1.92 bits per heavy atom. The van der Waals surface area contributed by atoms with Crippen LogP contribution >= 0.6 is 11.3 Å². The van der Waals surface area contributed by atoms with Crippen molar-refractivity contribution in [3.05, 3.63) is 15.9 Å². The normalized spacial score (nSPS) is 18.0. The third-order valence-electron chi connectivity index (χ3n) is 4.66. The number of hydrogen-bond acceptors (Lipinski definition) is 5. The van der Waals surface area contributed by atoms with Crippen LogP contribution in [0.4, 0.5) is 4.79 Å². The first-order valence-electron chi connectivity index (χ1n) is 8.70. The van der Waals surface area contributed by atoms with Crippen LogP contribution in [0.2, 0.25) is 0 Å². The molecule has 0 radical (unpaired) electrons. The quantitative estimate of drug-likeness (QED) is 0.810. The number of thiazole rings is 1. The molecule has 2 rings (SSSR count). The minimum absolute atomic E-state index is 0.146. The number of nitrogens with zero attached hydrogens (tertiary/aromatic N) is 4. The molecule has 9 heteroatoms. The smallest absolute Gasteiger partial charge is 0.405 e. The third kappa shape index (κ3) is 4.85. The molecule has 146 valence electrons. The predicted octanol–water partition coefficient (Wildman–Crippen LogP) is 0.944. The molecule has 2 amide bonds. The Hall–Kier alpha value is -1.87. The second-order valence-electron chi connectivity index (χ2n) is 7.64. The SMILES string of the molecule is C/N=c1\scc(CN2CCN(C(=O)[C@H](NC(=O)O)C(C)(C)C)CC2)n1C. The molecule has 1 aliphatic heterocycles. The van der Waals surface area contributed by atoms with Crippen molar-refractivity contribution in [2.45, 2.75) is 33.4 Å². The lowest BCUT2D eigenvalue weighted by molar-refractivity contribution is -0.137. The van der Waals surface area contributed by atoms with Gasteiger partial charge in [0.2, 0.25) is 5.91 Å². The van der Waals surface area contributed by atoms with Crippen LogP contribution in [0.5, 0.6) is 0 Å². The maximum absolute atomic E-state index is 12.8. The van der Waals surface area contributed by atoms with E-state index < -0.39 is 17.6 Å².